The van der Waals surface area contributed by atoms with Crippen molar-refractivity contribution in [2.45, 2.75) is 70.6 Å². The van der Waals surface area contributed by atoms with Gasteiger partial charge in [0.15, 0.2) is 11.5 Å². The van der Waals surface area contributed by atoms with Crippen LogP contribution in [0.4, 0.5) is 0 Å². The summed E-state index contributed by atoms with van der Waals surface area (Å²) < 4.78 is 24.0. The van der Waals surface area contributed by atoms with Crippen LogP contribution in [0.5, 0.6) is 17.2 Å². The number of fused-ring (bicyclic) bond motifs is 2. The first kappa shape index (κ1) is 20.3. The van der Waals surface area contributed by atoms with E-state index < -0.39 is 0 Å². The molecule has 160 valence electrons. The number of methoxy groups -OCH3 is 1. The molecule has 0 radical (unpaired) electrons. The van der Waals surface area contributed by atoms with Crippen molar-refractivity contribution < 1.29 is 23.7 Å². The van der Waals surface area contributed by atoms with Crippen molar-refractivity contribution in [3.8, 4) is 17.2 Å². The molecular weight excluding hydrogens is 370 g/mol. The van der Waals surface area contributed by atoms with Gasteiger partial charge in [-0.2, -0.15) is 0 Å². The van der Waals surface area contributed by atoms with Gasteiger partial charge in [-0.25, -0.2) is 0 Å². The van der Waals surface area contributed by atoms with Gasteiger partial charge in [0.2, 0.25) is 11.7 Å². The molecule has 0 aromatic heterocycles. The van der Waals surface area contributed by atoms with Crippen LogP contribution in [0.15, 0.2) is 12.1 Å². The summed E-state index contributed by atoms with van der Waals surface area (Å²) in [6.07, 6.45) is 4.86. The second-order valence-electron chi connectivity index (χ2n) is 9.09. The highest BCUT2D eigenvalue weighted by molar-refractivity contribution is 5.74. The van der Waals surface area contributed by atoms with Crippen molar-refractivity contribution in [1.82, 2.24) is 5.32 Å². The topological polar surface area (TPSA) is 66.0 Å². The average Bonchev–Trinajstić information content (AvgIpc) is 2.91. The number of benzene rings is 1. The van der Waals surface area contributed by atoms with Crippen LogP contribution in [0.2, 0.25) is 0 Å². The smallest absolute Gasteiger partial charge is 0.217 e. The van der Waals surface area contributed by atoms with Gasteiger partial charge in [-0.1, -0.05) is 13.3 Å². The molecule has 1 N–H and O–H groups in total. The molecule has 1 aliphatic carbocycles. The Kier molecular flexibility index (Phi) is 5.65. The second-order valence-corrected chi connectivity index (χ2v) is 9.09. The summed E-state index contributed by atoms with van der Waals surface area (Å²) in [6.45, 7) is 7.31. The number of hydrogen-bond acceptors (Lipinski definition) is 5. The van der Waals surface area contributed by atoms with Gasteiger partial charge in [0.1, 0.15) is 0 Å². The summed E-state index contributed by atoms with van der Waals surface area (Å²) >= 11 is 0. The van der Waals surface area contributed by atoms with Gasteiger partial charge in [-0.05, 0) is 43.4 Å². The Balaban J connectivity index is 1.69. The second kappa shape index (κ2) is 8.05. The third kappa shape index (κ3) is 4.04. The van der Waals surface area contributed by atoms with Gasteiger partial charge < -0.3 is 24.3 Å². The Labute approximate surface area is 173 Å². The van der Waals surface area contributed by atoms with Crippen LogP contribution in [0.3, 0.4) is 0 Å². The molecule has 2 aliphatic heterocycles. The molecule has 6 heteroatoms. The lowest BCUT2D eigenvalue weighted by Gasteiger charge is -2.52. The van der Waals surface area contributed by atoms with Crippen LogP contribution in [0, 0.1) is 11.8 Å². The first-order valence-corrected chi connectivity index (χ1v) is 10.8. The average molecular weight is 404 g/mol. The van der Waals surface area contributed by atoms with E-state index in [-0.39, 0.29) is 23.7 Å². The Morgan fingerprint density at radius 2 is 2.03 bits per heavy atom. The van der Waals surface area contributed by atoms with E-state index in [1.807, 2.05) is 12.1 Å². The first-order valence-electron chi connectivity index (χ1n) is 10.8. The number of nitrogens with one attached hydrogen (secondary N) is 1. The predicted molar refractivity (Wildman–Crippen MR) is 110 cm³/mol. The highest BCUT2D eigenvalue weighted by Crippen LogP contribution is 2.50. The zero-order valence-electron chi connectivity index (χ0n) is 18.0. The third-order valence-corrected chi connectivity index (χ3v) is 6.71. The van der Waals surface area contributed by atoms with Gasteiger partial charge in [0.25, 0.3) is 0 Å². The summed E-state index contributed by atoms with van der Waals surface area (Å²) in [5, 5.41) is 3.27. The molecule has 0 bridgehead atoms. The number of ether oxygens (including phenoxy) is 4. The molecule has 4 rings (SSSR count). The zero-order chi connectivity index (χ0) is 20.6. The molecule has 0 unspecified atom stereocenters. The van der Waals surface area contributed by atoms with E-state index in [0.717, 1.165) is 31.2 Å². The molecule has 1 aromatic rings. The van der Waals surface area contributed by atoms with Crippen LogP contribution in [0.1, 0.15) is 64.5 Å². The van der Waals surface area contributed by atoms with E-state index in [1.54, 1.807) is 14.0 Å². The van der Waals surface area contributed by atoms with Crippen molar-refractivity contribution in [2.24, 2.45) is 11.8 Å². The normalized spacial score (nSPS) is 33.9. The van der Waals surface area contributed by atoms with E-state index in [0.29, 0.717) is 42.3 Å². The molecule has 1 saturated carbocycles. The fraction of sp³-hybridized carbons (Fsp3) is 0.696. The van der Waals surface area contributed by atoms with Crippen LogP contribution in [-0.4, -0.2) is 37.9 Å². The molecule has 0 spiro atoms. The van der Waals surface area contributed by atoms with Gasteiger partial charge in [0, 0.05) is 31.2 Å². The van der Waals surface area contributed by atoms with E-state index in [4.69, 9.17) is 18.9 Å². The first-order chi connectivity index (χ1) is 13.9. The minimum absolute atomic E-state index is 0.0155. The van der Waals surface area contributed by atoms with Crippen LogP contribution >= 0.6 is 0 Å². The van der Waals surface area contributed by atoms with E-state index in [1.165, 1.54) is 6.42 Å². The Hall–Kier alpha value is -1.95. The van der Waals surface area contributed by atoms with Gasteiger partial charge in [-0.15, -0.1) is 0 Å². The molecule has 1 amide bonds. The molecule has 1 saturated heterocycles. The maximum Gasteiger partial charge on any atom is 0.217 e. The molecular formula is C23H33NO5. The summed E-state index contributed by atoms with van der Waals surface area (Å²) in [5.41, 5.74) is 0.719. The van der Waals surface area contributed by atoms with Crippen molar-refractivity contribution in [1.29, 1.82) is 0 Å². The monoisotopic (exact) mass is 403 g/mol. The van der Waals surface area contributed by atoms with E-state index >= 15 is 0 Å². The van der Waals surface area contributed by atoms with Gasteiger partial charge in [0.05, 0.1) is 32.5 Å². The number of amides is 1. The number of hydrogen-bond donors (Lipinski definition) is 1. The lowest BCUT2D eigenvalue weighted by molar-refractivity contribution is -0.153. The number of carbonyl (C=O) groups excluding carboxylic acids is 1. The Bertz CT molecular complexity index is 766. The molecule has 2 heterocycles. The fourth-order valence-electron chi connectivity index (χ4n) is 5.35. The largest absolute Gasteiger partial charge is 0.493 e. The van der Waals surface area contributed by atoms with Crippen LogP contribution in [0.25, 0.3) is 0 Å². The number of carbonyl (C=O) groups is 1. The minimum Gasteiger partial charge on any atom is -0.493 e. The minimum atomic E-state index is -0.295. The van der Waals surface area contributed by atoms with Crippen molar-refractivity contribution in [2.75, 3.05) is 20.3 Å². The highest BCUT2D eigenvalue weighted by atomic mass is 16.5. The number of rotatable bonds is 3. The highest BCUT2D eigenvalue weighted by Gasteiger charge is 2.49. The molecule has 29 heavy (non-hydrogen) atoms. The molecule has 2 fully saturated rings. The summed E-state index contributed by atoms with van der Waals surface area (Å²) in [5.74, 6) is 3.03. The quantitative estimate of drug-likeness (QED) is 0.826. The third-order valence-electron chi connectivity index (χ3n) is 6.71. The van der Waals surface area contributed by atoms with Gasteiger partial charge >= 0.3 is 0 Å². The molecule has 6 nitrogen and oxygen atoms in total. The standard InChI is InChI=1S/C23H33NO5/c1-14-6-7-17-18(10-14)29-21(13-23(17,3)24-15(2)25)16-11-19(26-4)22-20(12-16)27-8-5-9-28-22/h11-12,14,17-18,21H,5-10,13H2,1-4H3,(H,24,25)/t14-,17-,18-,21-,23-/m1/s1. The summed E-state index contributed by atoms with van der Waals surface area (Å²) in [7, 11) is 1.65. The Morgan fingerprint density at radius 1 is 1.24 bits per heavy atom. The summed E-state index contributed by atoms with van der Waals surface area (Å²) in [4.78, 5) is 12.0. The molecule has 3 aliphatic rings. The van der Waals surface area contributed by atoms with E-state index in [9.17, 15) is 4.79 Å². The SMILES string of the molecule is COc1cc([C@H]2C[C@@](C)(NC(C)=O)[C@@H]3CC[C@@H](C)C[C@H]3O2)cc2c1OCCCO2. The van der Waals surface area contributed by atoms with Crippen molar-refractivity contribution in [3.63, 3.8) is 0 Å². The zero-order valence-corrected chi connectivity index (χ0v) is 18.0. The van der Waals surface area contributed by atoms with E-state index in [2.05, 4.69) is 19.2 Å². The Morgan fingerprint density at radius 3 is 2.79 bits per heavy atom. The predicted octanol–water partition coefficient (Wildman–Crippen LogP) is 4.02. The van der Waals surface area contributed by atoms with Crippen LogP contribution in [-0.2, 0) is 9.53 Å². The fourth-order valence-corrected chi connectivity index (χ4v) is 5.35. The lowest BCUT2D eigenvalue weighted by Crippen LogP contribution is -2.60. The molecule has 5 atom stereocenters. The van der Waals surface area contributed by atoms with Crippen molar-refractivity contribution in [3.05, 3.63) is 17.7 Å². The maximum atomic E-state index is 12.0. The lowest BCUT2D eigenvalue weighted by atomic mass is 9.66. The maximum absolute atomic E-state index is 12.0. The van der Waals surface area contributed by atoms with Gasteiger partial charge in [-0.3, -0.25) is 4.79 Å². The summed E-state index contributed by atoms with van der Waals surface area (Å²) in [6, 6.07) is 4.02. The van der Waals surface area contributed by atoms with Crippen molar-refractivity contribution >= 4 is 5.91 Å². The molecule has 1 aromatic carbocycles. The van der Waals surface area contributed by atoms with Crippen LogP contribution < -0.4 is 19.5 Å².